The molecule has 1 aromatic heterocycles. The Labute approximate surface area is 178 Å². The van der Waals surface area contributed by atoms with Crippen molar-refractivity contribution in [1.82, 2.24) is 14.9 Å². The van der Waals surface area contributed by atoms with Gasteiger partial charge in [-0.3, -0.25) is 4.79 Å². The van der Waals surface area contributed by atoms with E-state index in [1.54, 1.807) is 29.8 Å². The van der Waals surface area contributed by atoms with Crippen molar-refractivity contribution in [2.24, 2.45) is 7.05 Å². The van der Waals surface area contributed by atoms with Gasteiger partial charge in [0.25, 0.3) is 5.56 Å². The molecule has 0 aliphatic carbocycles. The van der Waals surface area contributed by atoms with Crippen LogP contribution in [0, 0.1) is 0 Å². The summed E-state index contributed by atoms with van der Waals surface area (Å²) in [7, 11) is 1.77. The van der Waals surface area contributed by atoms with Gasteiger partial charge in [0.05, 0.1) is 11.0 Å². The van der Waals surface area contributed by atoms with Crippen molar-refractivity contribution >= 4 is 28.6 Å². The minimum Gasteiger partial charge on any atom is -0.454 e. The van der Waals surface area contributed by atoms with E-state index in [9.17, 15) is 9.59 Å². The number of carbonyl (C=O) groups is 1. The third-order valence-electron chi connectivity index (χ3n) is 5.73. The quantitative estimate of drug-likeness (QED) is 0.674. The third-order valence-corrected chi connectivity index (χ3v) is 5.73. The molecule has 3 heterocycles. The number of rotatable bonds is 3. The molecular weight excluding hydrogens is 398 g/mol. The van der Waals surface area contributed by atoms with Gasteiger partial charge in [-0.15, -0.1) is 0 Å². The molecule has 0 saturated carbocycles. The van der Waals surface area contributed by atoms with Gasteiger partial charge in [-0.2, -0.15) is 0 Å². The number of amides is 2. The number of urea groups is 1. The Hall–Kier alpha value is -3.75. The van der Waals surface area contributed by atoms with Gasteiger partial charge in [0.2, 0.25) is 6.79 Å². The zero-order valence-corrected chi connectivity index (χ0v) is 17.1. The Morgan fingerprint density at radius 2 is 1.87 bits per heavy atom. The number of nitrogens with one attached hydrogen (secondary N) is 2. The Balaban J connectivity index is 1.21. The number of piperidine rings is 1. The number of hydrogen-bond acceptors (Lipinski definition) is 6. The monoisotopic (exact) mass is 421 g/mol. The second-order valence-corrected chi connectivity index (χ2v) is 7.72. The molecule has 9 nitrogen and oxygen atoms in total. The smallest absolute Gasteiger partial charge is 0.319 e. The van der Waals surface area contributed by atoms with Crippen molar-refractivity contribution < 1.29 is 14.3 Å². The normalized spacial score (nSPS) is 15.8. The maximum Gasteiger partial charge on any atom is 0.319 e. The lowest BCUT2D eigenvalue weighted by molar-refractivity contribution is 0.174. The number of para-hydroxylation sites is 2. The molecule has 1 fully saturated rings. The lowest BCUT2D eigenvalue weighted by Gasteiger charge is -2.33. The van der Waals surface area contributed by atoms with Crippen LogP contribution in [0.15, 0.2) is 47.3 Å². The predicted molar refractivity (Wildman–Crippen MR) is 117 cm³/mol. The molecule has 2 N–H and O–H groups in total. The van der Waals surface area contributed by atoms with E-state index in [1.807, 2.05) is 29.2 Å². The molecule has 2 aliphatic rings. The van der Waals surface area contributed by atoms with Crippen LogP contribution in [0.2, 0.25) is 0 Å². The molecule has 160 valence electrons. The summed E-state index contributed by atoms with van der Waals surface area (Å²) in [5.41, 5.74) is 2.14. The molecule has 2 aromatic carbocycles. The van der Waals surface area contributed by atoms with Gasteiger partial charge in [-0.25, -0.2) is 9.78 Å². The van der Waals surface area contributed by atoms with E-state index in [4.69, 9.17) is 9.47 Å². The summed E-state index contributed by atoms with van der Waals surface area (Å²) in [5.74, 6) is 1.76. The number of aryl methyl sites for hydroxylation is 1. The van der Waals surface area contributed by atoms with Gasteiger partial charge in [-0.05, 0) is 37.1 Å². The molecule has 31 heavy (non-hydrogen) atoms. The molecule has 3 aromatic rings. The SMILES string of the molecule is Cn1c(=O)c(N2CCC(NC(=O)Nc3ccc4c(c3)OCO4)CC2)nc2ccccc21. The zero-order valence-electron chi connectivity index (χ0n) is 17.1. The summed E-state index contributed by atoms with van der Waals surface area (Å²) in [6.07, 6.45) is 1.46. The van der Waals surface area contributed by atoms with E-state index in [1.165, 1.54) is 0 Å². The number of benzene rings is 2. The zero-order chi connectivity index (χ0) is 21.4. The Morgan fingerprint density at radius 3 is 2.71 bits per heavy atom. The highest BCUT2D eigenvalue weighted by Gasteiger charge is 2.24. The van der Waals surface area contributed by atoms with Crippen LogP contribution >= 0.6 is 0 Å². The van der Waals surface area contributed by atoms with E-state index in [0.29, 0.717) is 36.1 Å². The number of carbonyl (C=O) groups excluding carboxylic acids is 1. The van der Waals surface area contributed by atoms with Gasteiger partial charge in [0.1, 0.15) is 0 Å². The van der Waals surface area contributed by atoms with Crippen LogP contribution in [0.25, 0.3) is 11.0 Å². The first kappa shape index (κ1) is 19.2. The van der Waals surface area contributed by atoms with E-state index in [2.05, 4.69) is 15.6 Å². The number of anilines is 2. The maximum absolute atomic E-state index is 12.8. The molecule has 1 saturated heterocycles. The van der Waals surface area contributed by atoms with Crippen LogP contribution < -0.4 is 30.6 Å². The van der Waals surface area contributed by atoms with Crippen LogP contribution in [0.3, 0.4) is 0 Å². The fraction of sp³-hybridized carbons (Fsp3) is 0.318. The molecule has 0 bridgehead atoms. The lowest BCUT2D eigenvalue weighted by Crippen LogP contribution is -2.47. The summed E-state index contributed by atoms with van der Waals surface area (Å²) < 4.78 is 12.3. The Bertz CT molecular complexity index is 1200. The first-order valence-corrected chi connectivity index (χ1v) is 10.3. The van der Waals surface area contributed by atoms with Crippen LogP contribution in [-0.4, -0.2) is 41.5 Å². The average Bonchev–Trinajstić information content (AvgIpc) is 3.25. The summed E-state index contributed by atoms with van der Waals surface area (Å²) >= 11 is 0. The molecule has 2 amide bonds. The minimum absolute atomic E-state index is 0.0227. The molecule has 0 atom stereocenters. The predicted octanol–water partition coefficient (Wildman–Crippen LogP) is 2.45. The molecule has 0 radical (unpaired) electrons. The van der Waals surface area contributed by atoms with Gasteiger partial charge >= 0.3 is 6.03 Å². The lowest BCUT2D eigenvalue weighted by atomic mass is 10.1. The average molecular weight is 421 g/mol. The maximum atomic E-state index is 12.8. The van der Waals surface area contributed by atoms with Gasteiger partial charge in [0.15, 0.2) is 17.3 Å². The Morgan fingerprint density at radius 1 is 1.10 bits per heavy atom. The second kappa shape index (κ2) is 7.82. The molecular formula is C22H23N5O4. The topological polar surface area (TPSA) is 97.7 Å². The summed E-state index contributed by atoms with van der Waals surface area (Å²) in [4.78, 5) is 31.8. The molecule has 2 aliphatic heterocycles. The van der Waals surface area contributed by atoms with Crippen molar-refractivity contribution in [2.75, 3.05) is 30.1 Å². The van der Waals surface area contributed by atoms with Crippen LogP contribution in [0.4, 0.5) is 16.3 Å². The second-order valence-electron chi connectivity index (χ2n) is 7.72. The van der Waals surface area contributed by atoms with Crippen molar-refractivity contribution in [2.45, 2.75) is 18.9 Å². The highest BCUT2D eigenvalue weighted by atomic mass is 16.7. The number of hydrogen-bond donors (Lipinski definition) is 2. The van der Waals surface area contributed by atoms with Crippen molar-refractivity contribution in [3.05, 3.63) is 52.8 Å². The van der Waals surface area contributed by atoms with Crippen molar-refractivity contribution in [3.63, 3.8) is 0 Å². The first-order chi connectivity index (χ1) is 15.1. The highest BCUT2D eigenvalue weighted by molar-refractivity contribution is 5.90. The highest BCUT2D eigenvalue weighted by Crippen LogP contribution is 2.34. The van der Waals surface area contributed by atoms with Crippen molar-refractivity contribution in [3.8, 4) is 11.5 Å². The third kappa shape index (κ3) is 3.74. The van der Waals surface area contributed by atoms with Crippen LogP contribution in [-0.2, 0) is 7.05 Å². The fourth-order valence-electron chi connectivity index (χ4n) is 4.03. The Kier molecular flexibility index (Phi) is 4.85. The number of nitrogens with zero attached hydrogens (tertiary/aromatic N) is 3. The largest absolute Gasteiger partial charge is 0.454 e. The summed E-state index contributed by atoms with van der Waals surface area (Å²) in [6.45, 7) is 1.49. The van der Waals surface area contributed by atoms with E-state index in [0.717, 1.165) is 23.9 Å². The standard InChI is InChI=1S/C22H23N5O4/c1-26-17-5-3-2-4-16(17)25-20(21(26)28)27-10-8-14(9-11-27)23-22(29)24-15-6-7-18-19(12-15)31-13-30-18/h2-7,12,14H,8-11,13H2,1H3,(H2,23,24,29). The number of aromatic nitrogens is 2. The molecule has 0 unspecified atom stereocenters. The van der Waals surface area contributed by atoms with Gasteiger partial charge in [0, 0.05) is 37.9 Å². The number of ether oxygens (including phenoxy) is 2. The summed E-state index contributed by atoms with van der Waals surface area (Å²) in [5, 5.41) is 5.84. The van der Waals surface area contributed by atoms with Gasteiger partial charge in [-0.1, -0.05) is 12.1 Å². The fourth-order valence-corrected chi connectivity index (χ4v) is 4.03. The van der Waals surface area contributed by atoms with E-state index < -0.39 is 0 Å². The molecule has 0 spiro atoms. The van der Waals surface area contributed by atoms with Crippen LogP contribution in [0.1, 0.15) is 12.8 Å². The molecule has 5 rings (SSSR count). The van der Waals surface area contributed by atoms with E-state index >= 15 is 0 Å². The van der Waals surface area contributed by atoms with Crippen LogP contribution in [0.5, 0.6) is 11.5 Å². The first-order valence-electron chi connectivity index (χ1n) is 10.3. The number of fused-ring (bicyclic) bond motifs is 2. The minimum atomic E-state index is -0.267. The van der Waals surface area contributed by atoms with Crippen molar-refractivity contribution in [1.29, 1.82) is 0 Å². The molecule has 9 heteroatoms. The summed E-state index contributed by atoms with van der Waals surface area (Å²) in [6, 6.07) is 12.7. The van der Waals surface area contributed by atoms with Gasteiger partial charge < -0.3 is 29.6 Å². The van der Waals surface area contributed by atoms with E-state index in [-0.39, 0.29) is 24.4 Å².